The first-order valence-electron chi connectivity index (χ1n) is 6.50. The highest BCUT2D eigenvalue weighted by Crippen LogP contribution is 2.24. The molecule has 2 aliphatic heterocycles. The Morgan fingerprint density at radius 3 is 3.06 bits per heavy atom. The minimum atomic E-state index is 0.611. The number of rotatable bonds is 0. The Labute approximate surface area is 103 Å². The summed E-state index contributed by atoms with van der Waals surface area (Å²) >= 11 is 0. The molecule has 1 aromatic carbocycles. The first kappa shape index (κ1) is 10.6. The largest absolute Gasteiger partial charge is 0.340 e. The molecule has 17 heavy (non-hydrogen) atoms. The molecule has 1 saturated heterocycles. The van der Waals surface area contributed by atoms with Crippen molar-refractivity contribution in [2.24, 2.45) is 4.99 Å². The SMILES string of the molecule is CC1CCCCN1C1=NCc2ccccc2N1. The molecule has 1 aromatic rings. The third-order valence-electron chi connectivity index (χ3n) is 3.74. The predicted molar refractivity (Wildman–Crippen MR) is 71.2 cm³/mol. The zero-order chi connectivity index (χ0) is 11.7. The maximum atomic E-state index is 4.68. The fraction of sp³-hybridized carbons (Fsp3) is 0.500. The number of aliphatic imine (C=N–C) groups is 1. The molecule has 3 heteroatoms. The molecule has 1 fully saturated rings. The van der Waals surface area contributed by atoms with E-state index in [0.717, 1.165) is 19.0 Å². The van der Waals surface area contributed by atoms with Gasteiger partial charge >= 0.3 is 0 Å². The number of nitrogens with one attached hydrogen (secondary N) is 1. The van der Waals surface area contributed by atoms with Crippen molar-refractivity contribution < 1.29 is 0 Å². The van der Waals surface area contributed by atoms with Gasteiger partial charge in [0.15, 0.2) is 5.96 Å². The van der Waals surface area contributed by atoms with Gasteiger partial charge in [0, 0.05) is 18.3 Å². The molecule has 3 nitrogen and oxygen atoms in total. The van der Waals surface area contributed by atoms with Crippen LogP contribution in [0, 0.1) is 0 Å². The molecule has 0 spiro atoms. The van der Waals surface area contributed by atoms with E-state index in [1.54, 1.807) is 0 Å². The van der Waals surface area contributed by atoms with E-state index in [1.165, 1.54) is 30.5 Å². The van der Waals surface area contributed by atoms with Crippen molar-refractivity contribution >= 4 is 11.6 Å². The van der Waals surface area contributed by atoms with Crippen LogP contribution in [0.5, 0.6) is 0 Å². The van der Waals surface area contributed by atoms with Gasteiger partial charge < -0.3 is 10.2 Å². The zero-order valence-electron chi connectivity index (χ0n) is 10.3. The number of nitrogens with zero attached hydrogens (tertiary/aromatic N) is 2. The average molecular weight is 229 g/mol. The average Bonchev–Trinajstić information content (AvgIpc) is 2.39. The van der Waals surface area contributed by atoms with Crippen LogP contribution in [0.15, 0.2) is 29.3 Å². The topological polar surface area (TPSA) is 27.6 Å². The minimum absolute atomic E-state index is 0.611. The standard InChI is InChI=1S/C14H19N3/c1-11-6-4-5-9-17(11)14-15-10-12-7-2-3-8-13(12)16-14/h2-3,7-8,11H,4-6,9-10H2,1H3,(H,15,16). The molecule has 0 bridgehead atoms. The van der Waals surface area contributed by atoms with Crippen molar-refractivity contribution in [3.63, 3.8) is 0 Å². The van der Waals surface area contributed by atoms with Crippen LogP contribution in [0.4, 0.5) is 5.69 Å². The highest BCUT2D eigenvalue weighted by atomic mass is 15.3. The van der Waals surface area contributed by atoms with Gasteiger partial charge in [0.05, 0.1) is 6.54 Å². The van der Waals surface area contributed by atoms with Crippen molar-refractivity contribution in [1.82, 2.24) is 4.90 Å². The lowest BCUT2D eigenvalue weighted by Crippen LogP contribution is -2.46. The smallest absolute Gasteiger partial charge is 0.199 e. The summed E-state index contributed by atoms with van der Waals surface area (Å²) in [5.74, 6) is 1.07. The van der Waals surface area contributed by atoms with E-state index in [9.17, 15) is 0 Å². The maximum absolute atomic E-state index is 4.68. The number of benzene rings is 1. The highest BCUT2D eigenvalue weighted by Gasteiger charge is 2.23. The van der Waals surface area contributed by atoms with Gasteiger partial charge in [-0.05, 0) is 37.8 Å². The second kappa shape index (κ2) is 4.40. The van der Waals surface area contributed by atoms with Crippen LogP contribution >= 0.6 is 0 Å². The van der Waals surface area contributed by atoms with Gasteiger partial charge in [0.25, 0.3) is 0 Å². The van der Waals surface area contributed by atoms with E-state index in [0.29, 0.717) is 6.04 Å². The van der Waals surface area contributed by atoms with Gasteiger partial charge in [-0.3, -0.25) is 0 Å². The molecule has 1 unspecified atom stereocenters. The third kappa shape index (κ3) is 2.02. The molecule has 0 aliphatic carbocycles. The predicted octanol–water partition coefficient (Wildman–Crippen LogP) is 2.84. The third-order valence-corrected chi connectivity index (χ3v) is 3.74. The van der Waals surface area contributed by atoms with Crippen molar-refractivity contribution in [3.05, 3.63) is 29.8 Å². The summed E-state index contributed by atoms with van der Waals surface area (Å²) in [7, 11) is 0. The molecule has 1 N–H and O–H groups in total. The van der Waals surface area contributed by atoms with Gasteiger partial charge in [-0.2, -0.15) is 0 Å². The summed E-state index contributed by atoms with van der Waals surface area (Å²) in [6.45, 7) is 4.24. The van der Waals surface area contributed by atoms with Crippen LogP contribution in [0.3, 0.4) is 0 Å². The molecule has 2 heterocycles. The highest BCUT2D eigenvalue weighted by molar-refractivity contribution is 5.96. The fourth-order valence-electron chi connectivity index (χ4n) is 2.68. The van der Waals surface area contributed by atoms with Crippen molar-refractivity contribution in [2.45, 2.75) is 38.8 Å². The number of hydrogen-bond acceptors (Lipinski definition) is 3. The van der Waals surface area contributed by atoms with Crippen molar-refractivity contribution in [2.75, 3.05) is 11.9 Å². The lowest BCUT2D eigenvalue weighted by atomic mass is 10.0. The number of para-hydroxylation sites is 1. The van der Waals surface area contributed by atoms with Gasteiger partial charge in [0.1, 0.15) is 0 Å². The Morgan fingerprint density at radius 2 is 2.18 bits per heavy atom. The van der Waals surface area contributed by atoms with Crippen LogP contribution in [0.25, 0.3) is 0 Å². The number of piperidine rings is 1. The van der Waals surface area contributed by atoms with Gasteiger partial charge in [0.2, 0.25) is 0 Å². The maximum Gasteiger partial charge on any atom is 0.199 e. The molecule has 1 atom stereocenters. The molecular weight excluding hydrogens is 210 g/mol. The quantitative estimate of drug-likeness (QED) is 0.740. The Bertz CT molecular complexity index is 439. The number of anilines is 1. The van der Waals surface area contributed by atoms with Gasteiger partial charge in [-0.1, -0.05) is 18.2 Å². The molecule has 3 rings (SSSR count). The van der Waals surface area contributed by atoms with E-state index < -0.39 is 0 Å². The summed E-state index contributed by atoms with van der Waals surface area (Å²) in [4.78, 5) is 7.09. The van der Waals surface area contributed by atoms with Crippen LogP contribution in [0.2, 0.25) is 0 Å². The number of likely N-dealkylation sites (tertiary alicyclic amines) is 1. The van der Waals surface area contributed by atoms with E-state index in [4.69, 9.17) is 0 Å². The molecule has 2 aliphatic rings. The molecule has 90 valence electrons. The molecule has 0 saturated carbocycles. The molecule has 0 aromatic heterocycles. The first-order valence-corrected chi connectivity index (χ1v) is 6.50. The van der Waals surface area contributed by atoms with Crippen LogP contribution < -0.4 is 5.32 Å². The monoisotopic (exact) mass is 229 g/mol. The second-order valence-corrected chi connectivity index (χ2v) is 4.96. The van der Waals surface area contributed by atoms with Crippen LogP contribution in [-0.4, -0.2) is 23.4 Å². The van der Waals surface area contributed by atoms with E-state index in [1.807, 2.05) is 0 Å². The lowest BCUT2D eigenvalue weighted by molar-refractivity contribution is 0.256. The van der Waals surface area contributed by atoms with Crippen LogP contribution in [-0.2, 0) is 6.54 Å². The Kier molecular flexibility index (Phi) is 2.75. The van der Waals surface area contributed by atoms with Crippen molar-refractivity contribution in [1.29, 1.82) is 0 Å². The van der Waals surface area contributed by atoms with Crippen LogP contribution in [0.1, 0.15) is 31.7 Å². The Balaban J connectivity index is 1.80. The fourth-order valence-corrected chi connectivity index (χ4v) is 2.68. The van der Waals surface area contributed by atoms with E-state index in [-0.39, 0.29) is 0 Å². The normalized spacial score (nSPS) is 23.7. The summed E-state index contributed by atoms with van der Waals surface area (Å²) in [5.41, 5.74) is 2.51. The number of hydrogen-bond donors (Lipinski definition) is 1. The summed E-state index contributed by atoms with van der Waals surface area (Å²) in [6.07, 6.45) is 3.91. The number of fused-ring (bicyclic) bond motifs is 1. The van der Waals surface area contributed by atoms with E-state index in [2.05, 4.69) is 46.4 Å². The van der Waals surface area contributed by atoms with E-state index >= 15 is 0 Å². The minimum Gasteiger partial charge on any atom is -0.340 e. The second-order valence-electron chi connectivity index (χ2n) is 4.96. The lowest BCUT2D eigenvalue weighted by Gasteiger charge is -2.37. The first-order chi connectivity index (χ1) is 8.34. The summed E-state index contributed by atoms with van der Waals surface area (Å²) < 4.78 is 0. The molecule has 0 amide bonds. The summed E-state index contributed by atoms with van der Waals surface area (Å²) in [6, 6.07) is 9.04. The Morgan fingerprint density at radius 1 is 1.29 bits per heavy atom. The Hall–Kier alpha value is -1.51. The molecular formula is C14H19N3. The molecule has 0 radical (unpaired) electrons. The summed E-state index contributed by atoms with van der Waals surface area (Å²) in [5, 5.41) is 3.47. The zero-order valence-corrected chi connectivity index (χ0v) is 10.3. The van der Waals surface area contributed by atoms with Crippen molar-refractivity contribution in [3.8, 4) is 0 Å². The van der Waals surface area contributed by atoms with Gasteiger partial charge in [-0.15, -0.1) is 0 Å². The van der Waals surface area contributed by atoms with Gasteiger partial charge in [-0.25, -0.2) is 4.99 Å². The number of guanidine groups is 1.